The molecule has 3 rings (SSSR count). The Morgan fingerprint density at radius 2 is 2.10 bits per heavy atom. The van der Waals surface area contributed by atoms with Crippen LogP contribution in [-0.2, 0) is 0 Å². The lowest BCUT2D eigenvalue weighted by atomic mass is 9.82. The lowest BCUT2D eigenvalue weighted by Crippen LogP contribution is -2.31. The van der Waals surface area contributed by atoms with Crippen LogP contribution in [0.5, 0.6) is 0 Å². The van der Waals surface area contributed by atoms with Crippen LogP contribution in [0.25, 0.3) is 11.1 Å². The summed E-state index contributed by atoms with van der Waals surface area (Å²) in [4.78, 5) is 19.9. The molecule has 1 amide bonds. The summed E-state index contributed by atoms with van der Waals surface area (Å²) < 4.78 is 0. The predicted molar refractivity (Wildman–Crippen MR) is 121 cm³/mol. The molecule has 0 fully saturated rings. The predicted octanol–water partition coefficient (Wildman–Crippen LogP) is 3.82. The van der Waals surface area contributed by atoms with Crippen LogP contribution in [0, 0.1) is 6.92 Å². The molecule has 2 heterocycles. The maximum atomic E-state index is 12.7. The van der Waals surface area contributed by atoms with Crippen molar-refractivity contribution in [2.45, 2.75) is 32.3 Å². The van der Waals surface area contributed by atoms with Gasteiger partial charge in [-0.2, -0.15) is 0 Å². The summed E-state index contributed by atoms with van der Waals surface area (Å²) in [6, 6.07) is 10.7. The highest BCUT2D eigenvalue weighted by atomic mass is 35.5. The number of carbonyl (C=O) groups excluding carboxylic acids is 1. The number of nitrogens with one attached hydrogen (secondary N) is 3. The molecule has 0 spiro atoms. The van der Waals surface area contributed by atoms with Crippen LogP contribution in [0.3, 0.4) is 0 Å². The first kappa shape index (κ1) is 21.9. The molecule has 6 nitrogen and oxygen atoms in total. The molecule has 0 saturated heterocycles. The molecule has 3 aromatic rings. The summed E-state index contributed by atoms with van der Waals surface area (Å²) in [5, 5.41) is 16.1. The molecule has 1 unspecified atom stereocenters. The molecular formula is C22H24BClN4O2. The number of carbonyl (C=O) groups is 1. The number of aromatic amines is 1. The summed E-state index contributed by atoms with van der Waals surface area (Å²) in [7, 11) is 5.99. The molecule has 0 aliphatic carbocycles. The molecule has 0 aliphatic rings. The monoisotopic (exact) mass is 422 g/mol. The zero-order valence-electron chi connectivity index (χ0n) is 17.2. The molecule has 0 bridgehead atoms. The van der Waals surface area contributed by atoms with Crippen molar-refractivity contribution >= 4 is 31.2 Å². The minimum absolute atomic E-state index is 0.206. The molecule has 4 N–H and O–H groups in total. The molecule has 0 aliphatic heterocycles. The third kappa shape index (κ3) is 5.43. The number of benzene rings is 1. The molecule has 2 aromatic heterocycles. The summed E-state index contributed by atoms with van der Waals surface area (Å²) in [5.41, 5.74) is 3.07. The van der Waals surface area contributed by atoms with Gasteiger partial charge in [0.05, 0.1) is 17.7 Å². The molecule has 2 radical (unpaired) electrons. The first-order chi connectivity index (χ1) is 14.2. The molecule has 30 heavy (non-hydrogen) atoms. The Morgan fingerprint density at radius 3 is 2.77 bits per heavy atom. The average molecular weight is 423 g/mol. The van der Waals surface area contributed by atoms with Crippen molar-refractivity contribution in [3.05, 3.63) is 70.6 Å². The van der Waals surface area contributed by atoms with Gasteiger partial charge in [0.15, 0.2) is 0 Å². The third-order valence-electron chi connectivity index (χ3n) is 4.48. The summed E-state index contributed by atoms with van der Waals surface area (Å²) in [5.74, 6) is 0.252. The fourth-order valence-corrected chi connectivity index (χ4v) is 3.31. The van der Waals surface area contributed by atoms with Crippen molar-refractivity contribution in [1.82, 2.24) is 15.3 Å². The number of halogens is 1. The number of anilines is 1. The zero-order valence-corrected chi connectivity index (χ0v) is 17.9. The Kier molecular flexibility index (Phi) is 6.53. The minimum atomic E-state index is -0.642. The maximum Gasteiger partial charge on any atom is 0.268 e. The Morgan fingerprint density at radius 1 is 1.33 bits per heavy atom. The van der Waals surface area contributed by atoms with Crippen molar-refractivity contribution < 1.29 is 9.90 Å². The first-order valence-corrected chi connectivity index (χ1v) is 9.94. The Labute approximate surface area is 182 Å². The number of aliphatic hydroxyl groups is 1. The number of aliphatic hydroxyl groups excluding tert-OH is 1. The summed E-state index contributed by atoms with van der Waals surface area (Å²) in [6.07, 6.45) is 3.24. The molecule has 154 valence electrons. The van der Waals surface area contributed by atoms with Gasteiger partial charge in [0.25, 0.3) is 5.91 Å². The zero-order chi connectivity index (χ0) is 21.9. The number of pyridine rings is 1. The van der Waals surface area contributed by atoms with E-state index in [-0.39, 0.29) is 12.5 Å². The smallest absolute Gasteiger partial charge is 0.268 e. The number of hydrogen-bond donors (Lipinski definition) is 4. The number of aromatic nitrogens is 2. The van der Waals surface area contributed by atoms with Crippen molar-refractivity contribution in [2.75, 3.05) is 11.9 Å². The SMILES string of the molecule is [B]C(C)(C)Nc1cc(-c2c[nH]c(C(=O)NC(CO)c3cccc(C)c3)c2)c(Cl)cn1. The van der Waals surface area contributed by atoms with E-state index in [1.807, 2.05) is 45.0 Å². The molecule has 8 heteroatoms. The highest BCUT2D eigenvalue weighted by Crippen LogP contribution is 2.30. The van der Waals surface area contributed by atoms with Crippen molar-refractivity contribution in [3.63, 3.8) is 0 Å². The van der Waals surface area contributed by atoms with Crippen LogP contribution in [-0.4, -0.2) is 40.9 Å². The van der Waals surface area contributed by atoms with E-state index in [1.165, 1.54) is 6.20 Å². The van der Waals surface area contributed by atoms with Crippen molar-refractivity contribution in [3.8, 4) is 11.1 Å². The third-order valence-corrected chi connectivity index (χ3v) is 4.78. The van der Waals surface area contributed by atoms with Gasteiger partial charge in [-0.05, 0) is 30.1 Å². The molecular weight excluding hydrogens is 399 g/mol. The van der Waals surface area contributed by atoms with E-state index in [1.54, 1.807) is 18.3 Å². The fraction of sp³-hybridized carbons (Fsp3) is 0.273. The number of amides is 1. The van der Waals surface area contributed by atoms with Gasteiger partial charge in [-0.3, -0.25) is 4.79 Å². The number of nitrogens with zero attached hydrogens (tertiary/aromatic N) is 1. The molecule has 0 saturated carbocycles. The lowest BCUT2D eigenvalue weighted by Gasteiger charge is -2.22. The van der Waals surface area contributed by atoms with Crippen LogP contribution in [0.2, 0.25) is 5.02 Å². The van der Waals surface area contributed by atoms with Gasteiger partial charge in [0, 0.05) is 23.5 Å². The van der Waals surface area contributed by atoms with E-state index < -0.39 is 11.5 Å². The second kappa shape index (κ2) is 8.94. The van der Waals surface area contributed by atoms with Crippen molar-refractivity contribution in [2.24, 2.45) is 0 Å². The number of hydrogen-bond acceptors (Lipinski definition) is 4. The number of aryl methyl sites for hydroxylation is 1. The van der Waals surface area contributed by atoms with Crippen LogP contribution in [0.15, 0.2) is 48.8 Å². The van der Waals surface area contributed by atoms with E-state index in [2.05, 4.69) is 20.6 Å². The van der Waals surface area contributed by atoms with E-state index >= 15 is 0 Å². The van der Waals surface area contributed by atoms with Crippen LogP contribution in [0.1, 0.15) is 41.5 Å². The highest BCUT2D eigenvalue weighted by Gasteiger charge is 2.18. The molecule has 1 atom stereocenters. The summed E-state index contributed by atoms with van der Waals surface area (Å²) in [6.45, 7) is 5.41. The Hall–Kier alpha value is -2.77. The van der Waals surface area contributed by atoms with Gasteiger partial charge >= 0.3 is 0 Å². The second-order valence-electron chi connectivity index (χ2n) is 7.82. The standard InChI is InChI=1S/C22H24BClN4O2/c1-13-5-4-6-14(7-13)19(12-29)27-21(30)18-8-15(10-25-18)16-9-20(26-11-17(16)24)28-22(2,3)23/h4-11,19,25,29H,12H2,1-3H3,(H,26,28)(H,27,30). The largest absolute Gasteiger partial charge is 0.394 e. The van der Waals surface area contributed by atoms with E-state index in [4.69, 9.17) is 19.4 Å². The van der Waals surface area contributed by atoms with Gasteiger partial charge in [0.1, 0.15) is 19.4 Å². The lowest BCUT2D eigenvalue weighted by molar-refractivity contribution is 0.0911. The van der Waals surface area contributed by atoms with Gasteiger partial charge in [-0.1, -0.05) is 55.3 Å². The summed E-state index contributed by atoms with van der Waals surface area (Å²) >= 11 is 6.32. The van der Waals surface area contributed by atoms with Gasteiger partial charge in [-0.15, -0.1) is 0 Å². The first-order valence-electron chi connectivity index (χ1n) is 9.56. The van der Waals surface area contributed by atoms with Crippen LogP contribution < -0.4 is 10.6 Å². The minimum Gasteiger partial charge on any atom is -0.394 e. The average Bonchev–Trinajstić information content (AvgIpc) is 3.16. The second-order valence-corrected chi connectivity index (χ2v) is 8.23. The van der Waals surface area contributed by atoms with Gasteiger partial charge in [-0.25, -0.2) is 4.98 Å². The topological polar surface area (TPSA) is 90.0 Å². The van der Waals surface area contributed by atoms with E-state index in [0.717, 1.165) is 16.7 Å². The van der Waals surface area contributed by atoms with E-state index in [0.29, 0.717) is 22.1 Å². The maximum absolute atomic E-state index is 12.7. The number of H-pyrrole nitrogens is 1. The number of rotatable bonds is 7. The van der Waals surface area contributed by atoms with Crippen molar-refractivity contribution in [1.29, 1.82) is 0 Å². The normalized spacial score (nSPS) is 12.4. The van der Waals surface area contributed by atoms with Crippen LogP contribution >= 0.6 is 11.6 Å². The van der Waals surface area contributed by atoms with Gasteiger partial charge in [0.2, 0.25) is 0 Å². The fourth-order valence-electron chi connectivity index (χ4n) is 3.10. The molecule has 1 aromatic carbocycles. The van der Waals surface area contributed by atoms with Gasteiger partial charge < -0.3 is 20.7 Å². The highest BCUT2D eigenvalue weighted by molar-refractivity contribution is 6.33. The Bertz CT molecular complexity index is 1050. The van der Waals surface area contributed by atoms with Crippen LogP contribution in [0.4, 0.5) is 5.82 Å². The quantitative estimate of drug-likeness (QED) is 0.436. The Balaban J connectivity index is 1.80. The van der Waals surface area contributed by atoms with E-state index in [9.17, 15) is 9.90 Å².